The summed E-state index contributed by atoms with van der Waals surface area (Å²) < 4.78 is 5.09. The molecule has 0 aliphatic heterocycles. The molecule has 0 aromatic heterocycles. The molecule has 0 spiro atoms. The maximum Gasteiger partial charge on any atom is 0.0587 e. The summed E-state index contributed by atoms with van der Waals surface area (Å²) >= 11 is 0. The Balaban J connectivity index is 2.02. The summed E-state index contributed by atoms with van der Waals surface area (Å²) in [6, 6.07) is 10.9. The zero-order valence-corrected chi connectivity index (χ0v) is 11.8. The third-order valence-electron chi connectivity index (χ3n) is 3.97. The highest BCUT2D eigenvalue weighted by Gasteiger charge is 2.49. The molecule has 2 rings (SSSR count). The maximum atomic E-state index is 5.09. The van der Waals surface area contributed by atoms with Gasteiger partial charge in [0, 0.05) is 25.6 Å². The molecule has 0 unspecified atom stereocenters. The van der Waals surface area contributed by atoms with Crippen molar-refractivity contribution in [2.45, 2.75) is 32.1 Å². The third kappa shape index (κ3) is 2.93. The molecule has 1 aliphatic rings. The zero-order valence-electron chi connectivity index (χ0n) is 11.8. The van der Waals surface area contributed by atoms with E-state index in [0.717, 1.165) is 19.7 Å². The van der Waals surface area contributed by atoms with Crippen LogP contribution in [0, 0.1) is 5.41 Å². The minimum absolute atomic E-state index is 0.332. The van der Waals surface area contributed by atoms with Gasteiger partial charge in [-0.2, -0.15) is 0 Å². The average molecular weight is 247 g/mol. The van der Waals surface area contributed by atoms with Crippen LogP contribution >= 0.6 is 0 Å². The second-order valence-corrected chi connectivity index (χ2v) is 6.33. The molecule has 100 valence electrons. The quantitative estimate of drug-likeness (QED) is 0.780. The van der Waals surface area contributed by atoms with Crippen LogP contribution in [-0.2, 0) is 10.2 Å². The summed E-state index contributed by atoms with van der Waals surface area (Å²) in [5.74, 6) is 0. The van der Waals surface area contributed by atoms with E-state index in [9.17, 15) is 0 Å². The molecule has 1 fully saturated rings. The second-order valence-electron chi connectivity index (χ2n) is 6.33. The number of hydrogen-bond donors (Lipinski definition) is 1. The monoisotopic (exact) mass is 247 g/mol. The van der Waals surface area contributed by atoms with Crippen LogP contribution in [0.4, 0.5) is 0 Å². The number of ether oxygens (including phenoxy) is 1. The molecule has 1 saturated carbocycles. The van der Waals surface area contributed by atoms with Crippen molar-refractivity contribution in [3.63, 3.8) is 0 Å². The first-order chi connectivity index (χ1) is 8.58. The summed E-state index contributed by atoms with van der Waals surface area (Å²) in [4.78, 5) is 0. The lowest BCUT2D eigenvalue weighted by molar-refractivity contribution is 0.0548. The summed E-state index contributed by atoms with van der Waals surface area (Å²) in [6.07, 6.45) is 2.54. The van der Waals surface area contributed by atoms with Crippen LogP contribution in [0.25, 0.3) is 0 Å². The van der Waals surface area contributed by atoms with Crippen molar-refractivity contribution in [2.24, 2.45) is 5.41 Å². The molecule has 1 aliphatic carbocycles. The molecule has 1 aromatic carbocycles. The van der Waals surface area contributed by atoms with Gasteiger partial charge in [-0.3, -0.25) is 0 Å². The topological polar surface area (TPSA) is 21.3 Å². The van der Waals surface area contributed by atoms with E-state index in [1.165, 1.54) is 18.4 Å². The smallest absolute Gasteiger partial charge is 0.0587 e. The van der Waals surface area contributed by atoms with Gasteiger partial charge >= 0.3 is 0 Å². The van der Waals surface area contributed by atoms with E-state index < -0.39 is 0 Å². The van der Waals surface area contributed by atoms with Crippen molar-refractivity contribution in [3.05, 3.63) is 35.9 Å². The molecule has 0 radical (unpaired) electrons. The van der Waals surface area contributed by atoms with Crippen LogP contribution in [0.15, 0.2) is 30.3 Å². The van der Waals surface area contributed by atoms with Crippen molar-refractivity contribution in [1.82, 2.24) is 5.32 Å². The van der Waals surface area contributed by atoms with Crippen LogP contribution in [0.2, 0.25) is 0 Å². The molecule has 1 N–H and O–H groups in total. The highest BCUT2D eigenvalue weighted by Crippen LogP contribution is 2.54. The summed E-state index contributed by atoms with van der Waals surface area (Å²) in [5, 5.41) is 3.54. The molecule has 0 amide bonds. The van der Waals surface area contributed by atoms with Crippen molar-refractivity contribution in [3.8, 4) is 0 Å². The summed E-state index contributed by atoms with van der Waals surface area (Å²) in [6.45, 7) is 7.51. The van der Waals surface area contributed by atoms with E-state index in [0.29, 0.717) is 10.8 Å². The van der Waals surface area contributed by atoms with Gasteiger partial charge in [0.05, 0.1) is 6.61 Å². The number of benzene rings is 1. The molecule has 2 heteroatoms. The first kappa shape index (κ1) is 13.6. The Hall–Kier alpha value is -0.860. The van der Waals surface area contributed by atoms with Gasteiger partial charge in [0.25, 0.3) is 0 Å². The first-order valence-electron chi connectivity index (χ1n) is 6.83. The van der Waals surface area contributed by atoms with Gasteiger partial charge in [0.15, 0.2) is 0 Å². The van der Waals surface area contributed by atoms with E-state index in [2.05, 4.69) is 49.5 Å². The fourth-order valence-corrected chi connectivity index (χ4v) is 3.51. The van der Waals surface area contributed by atoms with E-state index in [4.69, 9.17) is 4.74 Å². The van der Waals surface area contributed by atoms with Crippen molar-refractivity contribution in [1.29, 1.82) is 0 Å². The standard InChI is InChI=1S/C16H25NO/c1-15(2)11-16(12-15,13-17-9-10-18-3)14-7-5-4-6-8-14/h4-8,17H,9-13H2,1-3H3. The molecule has 0 saturated heterocycles. The van der Waals surface area contributed by atoms with Gasteiger partial charge in [-0.05, 0) is 23.8 Å². The number of rotatable bonds is 6. The van der Waals surface area contributed by atoms with Gasteiger partial charge < -0.3 is 10.1 Å². The summed E-state index contributed by atoms with van der Waals surface area (Å²) in [5.41, 5.74) is 2.30. The normalized spacial score (nSPS) is 20.4. The van der Waals surface area contributed by atoms with Crippen LogP contribution in [-0.4, -0.2) is 26.8 Å². The molecule has 0 atom stereocenters. The second kappa shape index (κ2) is 5.41. The minimum atomic E-state index is 0.332. The molecule has 1 aromatic rings. The summed E-state index contributed by atoms with van der Waals surface area (Å²) in [7, 11) is 1.75. The SMILES string of the molecule is COCCNCC1(c2ccccc2)CC(C)(C)C1. The first-order valence-corrected chi connectivity index (χ1v) is 6.83. The largest absolute Gasteiger partial charge is 0.383 e. The lowest BCUT2D eigenvalue weighted by Crippen LogP contribution is -2.52. The Labute approximate surface area is 111 Å². The predicted octanol–water partition coefficient (Wildman–Crippen LogP) is 2.98. The fraction of sp³-hybridized carbons (Fsp3) is 0.625. The number of hydrogen-bond acceptors (Lipinski definition) is 2. The maximum absolute atomic E-state index is 5.09. The van der Waals surface area contributed by atoms with E-state index in [-0.39, 0.29) is 0 Å². The van der Waals surface area contributed by atoms with Gasteiger partial charge in [0.1, 0.15) is 0 Å². The highest BCUT2D eigenvalue weighted by molar-refractivity contribution is 5.30. The Morgan fingerprint density at radius 2 is 1.83 bits per heavy atom. The van der Waals surface area contributed by atoms with Crippen LogP contribution in [0.1, 0.15) is 32.3 Å². The Morgan fingerprint density at radius 3 is 2.39 bits per heavy atom. The Morgan fingerprint density at radius 1 is 1.17 bits per heavy atom. The van der Waals surface area contributed by atoms with E-state index in [1.807, 2.05) is 0 Å². The molecule has 0 bridgehead atoms. The number of nitrogens with one attached hydrogen (secondary N) is 1. The van der Waals surface area contributed by atoms with Crippen molar-refractivity contribution < 1.29 is 4.74 Å². The molecule has 18 heavy (non-hydrogen) atoms. The lowest BCUT2D eigenvalue weighted by atomic mass is 9.52. The van der Waals surface area contributed by atoms with Crippen molar-refractivity contribution in [2.75, 3.05) is 26.8 Å². The average Bonchev–Trinajstić information content (AvgIpc) is 2.33. The van der Waals surface area contributed by atoms with Crippen molar-refractivity contribution >= 4 is 0 Å². The molecular formula is C16H25NO. The molecule has 2 nitrogen and oxygen atoms in total. The molecule has 0 heterocycles. The van der Waals surface area contributed by atoms with E-state index in [1.54, 1.807) is 7.11 Å². The highest BCUT2D eigenvalue weighted by atomic mass is 16.5. The van der Waals surface area contributed by atoms with Crippen LogP contribution < -0.4 is 5.32 Å². The number of methoxy groups -OCH3 is 1. The Bertz CT molecular complexity index is 364. The predicted molar refractivity (Wildman–Crippen MR) is 75.9 cm³/mol. The van der Waals surface area contributed by atoms with Crippen LogP contribution in [0.5, 0.6) is 0 Å². The van der Waals surface area contributed by atoms with Gasteiger partial charge in [-0.25, -0.2) is 0 Å². The Kier molecular flexibility index (Phi) is 4.08. The van der Waals surface area contributed by atoms with Gasteiger partial charge in [0.2, 0.25) is 0 Å². The van der Waals surface area contributed by atoms with Crippen LogP contribution in [0.3, 0.4) is 0 Å². The van der Waals surface area contributed by atoms with E-state index >= 15 is 0 Å². The fourth-order valence-electron chi connectivity index (χ4n) is 3.51. The minimum Gasteiger partial charge on any atom is -0.383 e. The third-order valence-corrected chi connectivity index (χ3v) is 3.97. The zero-order chi connectivity index (χ0) is 13.1. The van der Waals surface area contributed by atoms with Gasteiger partial charge in [-0.1, -0.05) is 44.2 Å². The van der Waals surface area contributed by atoms with Gasteiger partial charge in [-0.15, -0.1) is 0 Å². The molecular weight excluding hydrogens is 222 g/mol. The lowest BCUT2D eigenvalue weighted by Gasteiger charge is -2.54.